The molecular formula is C30H52O5. The number of aliphatic hydroxyl groups is 4. The Kier molecular flexibility index (Phi) is 5.63. The van der Waals surface area contributed by atoms with E-state index in [1.807, 2.05) is 6.92 Å². The van der Waals surface area contributed by atoms with Crippen LogP contribution in [0.4, 0.5) is 0 Å². The van der Waals surface area contributed by atoms with Crippen molar-refractivity contribution in [1.82, 2.24) is 0 Å². The zero-order chi connectivity index (χ0) is 26.0. The molecule has 4 saturated carbocycles. The van der Waals surface area contributed by atoms with Crippen molar-refractivity contribution in [1.29, 1.82) is 0 Å². The van der Waals surface area contributed by atoms with Crippen LogP contribution in [0.15, 0.2) is 0 Å². The Morgan fingerprint density at radius 2 is 1.43 bits per heavy atom. The highest BCUT2D eigenvalue weighted by molar-refractivity contribution is 5.25. The quantitative estimate of drug-likeness (QED) is 0.443. The van der Waals surface area contributed by atoms with Gasteiger partial charge in [-0.25, -0.2) is 0 Å². The third kappa shape index (κ3) is 3.17. The molecule has 1 heterocycles. The van der Waals surface area contributed by atoms with Crippen LogP contribution in [0.25, 0.3) is 0 Å². The molecule has 35 heavy (non-hydrogen) atoms. The highest BCUT2D eigenvalue weighted by Gasteiger charge is 2.75. The van der Waals surface area contributed by atoms with Crippen molar-refractivity contribution in [2.75, 3.05) is 0 Å². The molecule has 4 N–H and O–H groups in total. The molecule has 1 aliphatic heterocycles. The van der Waals surface area contributed by atoms with Crippen LogP contribution in [0.2, 0.25) is 0 Å². The fourth-order valence-corrected chi connectivity index (χ4v) is 11.1. The van der Waals surface area contributed by atoms with E-state index in [1.165, 1.54) is 0 Å². The van der Waals surface area contributed by atoms with E-state index >= 15 is 0 Å². The Labute approximate surface area is 213 Å². The van der Waals surface area contributed by atoms with Gasteiger partial charge in [0.2, 0.25) is 0 Å². The van der Waals surface area contributed by atoms with E-state index in [9.17, 15) is 20.4 Å². The standard InChI is InChI=1S/C30H52O5/c1-24(2)19-9-13-27(6)20(26(19,5)12-10-21(24)32)17-18(31)23-28(27,7)15-16-30(23,34)29(8)14-11-22(35-29)25(3,4)33/h18-23,31-34H,9-17H2,1-8H3/t18-,19?,20-,21-,22-,23-,26+,27-,28+,29+,30-/m1/s1. The molecule has 1 saturated heterocycles. The van der Waals surface area contributed by atoms with E-state index in [0.717, 1.165) is 38.5 Å². The lowest BCUT2D eigenvalue weighted by atomic mass is 9.35. The summed E-state index contributed by atoms with van der Waals surface area (Å²) in [6.07, 6.45) is 6.50. The third-order valence-electron chi connectivity index (χ3n) is 13.4. The lowest BCUT2D eigenvalue weighted by Gasteiger charge is -2.71. The maximum absolute atomic E-state index is 12.5. The number of aliphatic hydroxyl groups excluding tert-OH is 2. The predicted molar refractivity (Wildman–Crippen MR) is 137 cm³/mol. The van der Waals surface area contributed by atoms with Crippen LogP contribution in [0.3, 0.4) is 0 Å². The van der Waals surface area contributed by atoms with E-state index in [-0.39, 0.29) is 39.8 Å². The second-order valence-electron chi connectivity index (χ2n) is 15.6. The van der Waals surface area contributed by atoms with Gasteiger partial charge in [-0.05, 0) is 112 Å². The van der Waals surface area contributed by atoms with Crippen molar-refractivity contribution in [3.63, 3.8) is 0 Å². The summed E-state index contributed by atoms with van der Waals surface area (Å²) in [5, 5.41) is 45.9. The van der Waals surface area contributed by atoms with Gasteiger partial charge in [0.1, 0.15) is 0 Å². The van der Waals surface area contributed by atoms with Gasteiger partial charge in [0.05, 0.1) is 35.1 Å². The van der Waals surface area contributed by atoms with Gasteiger partial charge >= 0.3 is 0 Å². The fraction of sp³-hybridized carbons (Fsp3) is 1.00. The van der Waals surface area contributed by atoms with Gasteiger partial charge in [-0.1, -0.05) is 34.6 Å². The number of hydrogen-bond donors (Lipinski definition) is 4. The molecule has 1 unspecified atom stereocenters. The van der Waals surface area contributed by atoms with Gasteiger partial charge < -0.3 is 25.2 Å². The summed E-state index contributed by atoms with van der Waals surface area (Å²) in [6.45, 7) is 17.3. The molecule has 0 bridgehead atoms. The molecule has 0 amide bonds. The van der Waals surface area contributed by atoms with Crippen molar-refractivity contribution in [3.05, 3.63) is 0 Å². The highest BCUT2D eigenvalue weighted by atomic mass is 16.5. The van der Waals surface area contributed by atoms with Gasteiger partial charge in [0.15, 0.2) is 0 Å². The van der Waals surface area contributed by atoms with Crippen LogP contribution in [-0.2, 0) is 4.74 Å². The molecule has 202 valence electrons. The van der Waals surface area contributed by atoms with Gasteiger partial charge in [-0.3, -0.25) is 0 Å². The zero-order valence-electron chi connectivity index (χ0n) is 23.5. The average molecular weight is 493 g/mol. The summed E-state index contributed by atoms with van der Waals surface area (Å²) in [5.74, 6) is 0.553. The minimum absolute atomic E-state index is 0.00954. The first kappa shape index (κ1) is 26.4. The van der Waals surface area contributed by atoms with Gasteiger partial charge in [-0.15, -0.1) is 0 Å². The van der Waals surface area contributed by atoms with Crippen LogP contribution in [0.5, 0.6) is 0 Å². The van der Waals surface area contributed by atoms with Gasteiger partial charge in [0.25, 0.3) is 0 Å². The van der Waals surface area contributed by atoms with Crippen molar-refractivity contribution < 1.29 is 25.2 Å². The number of ether oxygens (including phenoxy) is 1. The second-order valence-corrected chi connectivity index (χ2v) is 15.6. The van der Waals surface area contributed by atoms with Gasteiger partial charge in [-0.2, -0.15) is 0 Å². The van der Waals surface area contributed by atoms with Crippen LogP contribution in [0, 0.1) is 39.4 Å². The number of hydrogen-bond acceptors (Lipinski definition) is 5. The van der Waals surface area contributed by atoms with E-state index in [4.69, 9.17) is 4.74 Å². The Morgan fingerprint density at radius 3 is 2.03 bits per heavy atom. The van der Waals surface area contributed by atoms with E-state index in [0.29, 0.717) is 31.1 Å². The minimum Gasteiger partial charge on any atom is -0.393 e. The Balaban J connectivity index is 1.52. The number of rotatable bonds is 2. The smallest absolute Gasteiger partial charge is 0.0991 e. The SMILES string of the molecule is CC(C)(O)[C@H]1CC[C@@](C)([C@@]2(O)CC[C@@]3(C)[C@H]2[C@H](O)C[C@@H]2[C@@]4(C)CC[C@@H](O)C(C)(C)C4CC[C@]23C)O1. The normalized spacial score (nSPS) is 57.9. The molecule has 5 nitrogen and oxygen atoms in total. The van der Waals surface area contributed by atoms with Crippen LogP contribution >= 0.6 is 0 Å². The molecular weight excluding hydrogens is 440 g/mol. The van der Waals surface area contributed by atoms with E-state index in [2.05, 4.69) is 34.6 Å². The van der Waals surface area contributed by atoms with Crippen LogP contribution < -0.4 is 0 Å². The first-order valence-corrected chi connectivity index (χ1v) is 14.4. The number of fused-ring (bicyclic) bond motifs is 5. The van der Waals surface area contributed by atoms with Crippen LogP contribution in [-0.4, -0.2) is 55.5 Å². The average Bonchev–Trinajstić information content (AvgIpc) is 3.29. The molecule has 0 spiro atoms. The maximum Gasteiger partial charge on any atom is 0.0991 e. The Morgan fingerprint density at radius 1 is 0.771 bits per heavy atom. The molecule has 0 aromatic rings. The third-order valence-corrected chi connectivity index (χ3v) is 13.4. The van der Waals surface area contributed by atoms with Crippen molar-refractivity contribution in [2.45, 2.75) is 148 Å². The minimum atomic E-state index is -1.12. The summed E-state index contributed by atoms with van der Waals surface area (Å²) in [4.78, 5) is 0. The molecule has 4 aliphatic carbocycles. The molecule has 11 atom stereocenters. The lowest BCUT2D eigenvalue weighted by molar-refractivity contribution is -0.277. The largest absolute Gasteiger partial charge is 0.393 e. The molecule has 5 aliphatic rings. The maximum atomic E-state index is 12.5. The highest BCUT2D eigenvalue weighted by Crippen LogP contribution is 2.76. The molecule has 0 aromatic carbocycles. The zero-order valence-corrected chi connectivity index (χ0v) is 23.5. The fourth-order valence-electron chi connectivity index (χ4n) is 11.1. The van der Waals surface area contributed by atoms with E-state index in [1.54, 1.807) is 13.8 Å². The summed E-state index contributed by atoms with van der Waals surface area (Å²) >= 11 is 0. The summed E-state index contributed by atoms with van der Waals surface area (Å²) in [7, 11) is 0. The topological polar surface area (TPSA) is 90.2 Å². The van der Waals surface area contributed by atoms with E-state index < -0.39 is 22.9 Å². The van der Waals surface area contributed by atoms with Crippen molar-refractivity contribution >= 4 is 0 Å². The van der Waals surface area contributed by atoms with Crippen LogP contribution in [0.1, 0.15) is 113 Å². The molecule has 5 rings (SSSR count). The van der Waals surface area contributed by atoms with Crippen molar-refractivity contribution in [3.8, 4) is 0 Å². The predicted octanol–water partition coefficient (Wildman–Crippen LogP) is 4.83. The van der Waals surface area contributed by atoms with Crippen molar-refractivity contribution in [2.24, 2.45) is 39.4 Å². The Hall–Kier alpha value is -0.200. The first-order chi connectivity index (χ1) is 15.9. The summed E-state index contributed by atoms with van der Waals surface area (Å²) in [5.41, 5.74) is -3.08. The second kappa shape index (κ2) is 7.46. The monoisotopic (exact) mass is 492 g/mol. The molecule has 5 heteroatoms. The lowest BCUT2D eigenvalue weighted by Crippen LogP contribution is -2.69. The summed E-state index contributed by atoms with van der Waals surface area (Å²) < 4.78 is 6.52. The van der Waals surface area contributed by atoms with Gasteiger partial charge in [0, 0.05) is 5.92 Å². The molecule has 0 radical (unpaired) electrons. The first-order valence-electron chi connectivity index (χ1n) is 14.4. The molecule has 5 fully saturated rings. The molecule has 0 aromatic heterocycles. The Bertz CT molecular complexity index is 865. The summed E-state index contributed by atoms with van der Waals surface area (Å²) in [6, 6.07) is 0.